The van der Waals surface area contributed by atoms with Gasteiger partial charge in [-0.05, 0) is 12.8 Å². The molecule has 3 nitrogen and oxygen atoms in total. The Bertz CT molecular complexity index is 219. The van der Waals surface area contributed by atoms with Gasteiger partial charge in [-0.25, -0.2) is 4.99 Å². The van der Waals surface area contributed by atoms with Gasteiger partial charge in [-0.1, -0.05) is 13.8 Å². The van der Waals surface area contributed by atoms with Crippen molar-refractivity contribution in [2.24, 2.45) is 15.9 Å². The normalized spacial score (nSPS) is 23.6. The smallest absolute Gasteiger partial charge is 0.209 e. The fourth-order valence-corrected chi connectivity index (χ4v) is 1.24. The SMILES string of the molecule is COC1=NCC(C)=N[C@H]1C(C)C. The summed E-state index contributed by atoms with van der Waals surface area (Å²) in [6, 6.07) is 0.128. The topological polar surface area (TPSA) is 34.0 Å². The first-order valence-corrected chi connectivity index (χ1v) is 4.26. The van der Waals surface area contributed by atoms with Crippen molar-refractivity contribution in [1.29, 1.82) is 0 Å². The standard InChI is InChI=1S/C9H16N2O/c1-6(2)8-9(12-4)10-5-7(3)11-8/h6,8H,5H2,1-4H3/t8-/m0/s1. The summed E-state index contributed by atoms with van der Waals surface area (Å²) in [6.45, 7) is 6.94. The molecule has 0 amide bonds. The largest absolute Gasteiger partial charge is 0.483 e. The van der Waals surface area contributed by atoms with Gasteiger partial charge in [0, 0.05) is 5.71 Å². The van der Waals surface area contributed by atoms with Crippen molar-refractivity contribution >= 4 is 11.6 Å². The van der Waals surface area contributed by atoms with Crippen LogP contribution in [0.15, 0.2) is 9.98 Å². The summed E-state index contributed by atoms with van der Waals surface area (Å²) in [5.41, 5.74) is 1.09. The van der Waals surface area contributed by atoms with Gasteiger partial charge in [0.15, 0.2) is 0 Å². The van der Waals surface area contributed by atoms with E-state index in [0.717, 1.165) is 11.6 Å². The van der Waals surface area contributed by atoms with Crippen molar-refractivity contribution in [2.45, 2.75) is 26.8 Å². The van der Waals surface area contributed by atoms with Crippen LogP contribution in [0.3, 0.4) is 0 Å². The van der Waals surface area contributed by atoms with Gasteiger partial charge in [-0.2, -0.15) is 0 Å². The van der Waals surface area contributed by atoms with E-state index in [0.29, 0.717) is 12.5 Å². The summed E-state index contributed by atoms with van der Waals surface area (Å²) < 4.78 is 5.16. The zero-order valence-electron chi connectivity index (χ0n) is 8.16. The number of hydrogen-bond acceptors (Lipinski definition) is 3. The van der Waals surface area contributed by atoms with Gasteiger partial charge >= 0.3 is 0 Å². The molecule has 0 saturated heterocycles. The lowest BCUT2D eigenvalue weighted by atomic mass is 10.0. The molecule has 0 fully saturated rings. The zero-order valence-corrected chi connectivity index (χ0v) is 8.16. The molecule has 0 aromatic rings. The Morgan fingerprint density at radius 3 is 2.67 bits per heavy atom. The van der Waals surface area contributed by atoms with E-state index in [9.17, 15) is 0 Å². The minimum atomic E-state index is 0.128. The molecule has 3 heteroatoms. The lowest BCUT2D eigenvalue weighted by Crippen LogP contribution is -2.31. The van der Waals surface area contributed by atoms with Gasteiger partial charge in [-0.3, -0.25) is 4.99 Å². The van der Waals surface area contributed by atoms with E-state index in [4.69, 9.17) is 4.74 Å². The minimum absolute atomic E-state index is 0.128. The quantitative estimate of drug-likeness (QED) is 0.584. The number of hydrogen-bond donors (Lipinski definition) is 0. The number of methoxy groups -OCH3 is 1. The fraction of sp³-hybridized carbons (Fsp3) is 0.778. The molecular formula is C9H16N2O. The Kier molecular flexibility index (Phi) is 2.84. The third-order valence-corrected chi connectivity index (χ3v) is 1.92. The van der Waals surface area contributed by atoms with Gasteiger partial charge in [0.05, 0.1) is 13.7 Å². The average molecular weight is 168 g/mol. The molecule has 0 aromatic carbocycles. The molecule has 0 aromatic heterocycles. The monoisotopic (exact) mass is 168 g/mol. The summed E-state index contributed by atoms with van der Waals surface area (Å²) in [4.78, 5) is 8.79. The third kappa shape index (κ3) is 1.84. The highest BCUT2D eigenvalue weighted by molar-refractivity contribution is 5.94. The summed E-state index contributed by atoms with van der Waals surface area (Å²) in [6.07, 6.45) is 0. The van der Waals surface area contributed by atoms with E-state index in [2.05, 4.69) is 23.8 Å². The Hall–Kier alpha value is -0.860. The van der Waals surface area contributed by atoms with Crippen LogP contribution in [-0.4, -0.2) is 31.3 Å². The van der Waals surface area contributed by atoms with Gasteiger partial charge < -0.3 is 4.74 Å². The van der Waals surface area contributed by atoms with E-state index in [-0.39, 0.29) is 6.04 Å². The first kappa shape index (κ1) is 9.23. The van der Waals surface area contributed by atoms with Crippen LogP contribution < -0.4 is 0 Å². The lowest BCUT2D eigenvalue weighted by Gasteiger charge is -2.21. The van der Waals surface area contributed by atoms with Crippen LogP contribution in [0.5, 0.6) is 0 Å². The van der Waals surface area contributed by atoms with E-state index in [1.54, 1.807) is 7.11 Å². The summed E-state index contributed by atoms with van der Waals surface area (Å²) in [5, 5.41) is 0. The summed E-state index contributed by atoms with van der Waals surface area (Å²) >= 11 is 0. The van der Waals surface area contributed by atoms with Gasteiger partial charge in [-0.15, -0.1) is 0 Å². The highest BCUT2D eigenvalue weighted by Gasteiger charge is 2.22. The van der Waals surface area contributed by atoms with Crippen molar-refractivity contribution in [3.8, 4) is 0 Å². The number of nitrogens with zero attached hydrogens (tertiary/aromatic N) is 2. The molecule has 0 spiro atoms. The van der Waals surface area contributed by atoms with E-state index < -0.39 is 0 Å². The highest BCUT2D eigenvalue weighted by atomic mass is 16.5. The maximum Gasteiger partial charge on any atom is 0.209 e. The van der Waals surface area contributed by atoms with Crippen molar-refractivity contribution in [1.82, 2.24) is 0 Å². The molecule has 68 valence electrons. The highest BCUT2D eigenvalue weighted by Crippen LogP contribution is 2.13. The lowest BCUT2D eigenvalue weighted by molar-refractivity contribution is 0.362. The van der Waals surface area contributed by atoms with E-state index in [1.807, 2.05) is 6.92 Å². The Morgan fingerprint density at radius 1 is 1.50 bits per heavy atom. The average Bonchev–Trinajstić information content (AvgIpc) is 2.04. The summed E-state index contributed by atoms with van der Waals surface area (Å²) in [5.74, 6) is 1.23. The molecule has 1 aliphatic heterocycles. The molecular weight excluding hydrogens is 152 g/mol. The third-order valence-electron chi connectivity index (χ3n) is 1.92. The van der Waals surface area contributed by atoms with Crippen LogP contribution in [0.2, 0.25) is 0 Å². The summed E-state index contributed by atoms with van der Waals surface area (Å²) in [7, 11) is 1.66. The minimum Gasteiger partial charge on any atom is -0.483 e. The first-order chi connectivity index (χ1) is 5.65. The molecule has 1 atom stereocenters. The Balaban J connectivity index is 2.77. The molecule has 0 saturated carbocycles. The molecule has 0 radical (unpaired) electrons. The van der Waals surface area contributed by atoms with Crippen LogP contribution >= 0.6 is 0 Å². The van der Waals surface area contributed by atoms with Crippen molar-refractivity contribution < 1.29 is 4.74 Å². The van der Waals surface area contributed by atoms with E-state index >= 15 is 0 Å². The van der Waals surface area contributed by atoms with Gasteiger partial charge in [0.1, 0.15) is 6.04 Å². The molecule has 1 heterocycles. The molecule has 12 heavy (non-hydrogen) atoms. The molecule has 1 rings (SSSR count). The number of rotatable bonds is 1. The molecule has 0 unspecified atom stereocenters. The molecule has 1 aliphatic rings. The fourth-order valence-electron chi connectivity index (χ4n) is 1.24. The first-order valence-electron chi connectivity index (χ1n) is 4.26. The molecule has 0 aliphatic carbocycles. The molecule has 0 bridgehead atoms. The maximum absolute atomic E-state index is 5.16. The second-order valence-electron chi connectivity index (χ2n) is 3.41. The van der Waals surface area contributed by atoms with Gasteiger partial charge in [0.25, 0.3) is 0 Å². The van der Waals surface area contributed by atoms with Crippen LogP contribution in [0.4, 0.5) is 0 Å². The van der Waals surface area contributed by atoms with Crippen LogP contribution in [0.25, 0.3) is 0 Å². The number of ether oxygens (including phenoxy) is 1. The van der Waals surface area contributed by atoms with Crippen LogP contribution in [0, 0.1) is 5.92 Å². The van der Waals surface area contributed by atoms with Crippen molar-refractivity contribution in [3.05, 3.63) is 0 Å². The Morgan fingerprint density at radius 2 is 2.17 bits per heavy atom. The van der Waals surface area contributed by atoms with Crippen molar-refractivity contribution in [2.75, 3.05) is 13.7 Å². The van der Waals surface area contributed by atoms with Crippen molar-refractivity contribution in [3.63, 3.8) is 0 Å². The van der Waals surface area contributed by atoms with Crippen LogP contribution in [0.1, 0.15) is 20.8 Å². The maximum atomic E-state index is 5.16. The second-order valence-corrected chi connectivity index (χ2v) is 3.41. The predicted octanol–water partition coefficient (Wildman–Crippen LogP) is 1.53. The van der Waals surface area contributed by atoms with Crippen LogP contribution in [-0.2, 0) is 4.74 Å². The van der Waals surface area contributed by atoms with Gasteiger partial charge in [0.2, 0.25) is 5.90 Å². The zero-order chi connectivity index (χ0) is 9.14. The van der Waals surface area contributed by atoms with E-state index in [1.165, 1.54) is 0 Å². The Labute approximate surface area is 73.6 Å². The molecule has 0 N–H and O–H groups in total. The second kappa shape index (κ2) is 3.70. The predicted molar refractivity (Wildman–Crippen MR) is 51.0 cm³/mol. The number of aliphatic imine (C=N–C) groups is 2.